The number of rotatable bonds is 4. The molecule has 0 aliphatic carbocycles. The SMILES string of the molecule is Cc1c(-c2cc3cc(NC(=O)NC(C)C)ncc3c(NC(=O)OC(C)(C)C)c2F)cnc2c1N(C(=O)O)CCO2. The minimum atomic E-state index is -1.20. The van der Waals surface area contributed by atoms with Gasteiger partial charge in [0.2, 0.25) is 5.88 Å². The summed E-state index contributed by atoms with van der Waals surface area (Å²) < 4.78 is 27.1. The number of carboxylic acid groups (broad SMARTS) is 1. The van der Waals surface area contributed by atoms with E-state index in [0.717, 1.165) is 4.90 Å². The van der Waals surface area contributed by atoms with Gasteiger partial charge in [-0.3, -0.25) is 15.5 Å². The number of pyridine rings is 2. The molecule has 40 heavy (non-hydrogen) atoms. The Bertz CT molecular complexity index is 1500. The van der Waals surface area contributed by atoms with E-state index in [2.05, 4.69) is 25.9 Å². The molecule has 2 aromatic heterocycles. The summed E-state index contributed by atoms with van der Waals surface area (Å²) in [6.07, 6.45) is 0.642. The first-order chi connectivity index (χ1) is 18.7. The molecule has 1 aliphatic rings. The topological polar surface area (TPSA) is 155 Å². The summed E-state index contributed by atoms with van der Waals surface area (Å²) in [6.45, 7) is 10.5. The van der Waals surface area contributed by atoms with Gasteiger partial charge in [-0.25, -0.2) is 28.7 Å². The van der Waals surface area contributed by atoms with Gasteiger partial charge in [0.1, 0.15) is 23.7 Å². The summed E-state index contributed by atoms with van der Waals surface area (Å²) in [6, 6.07) is 2.47. The molecular weight excluding hydrogens is 523 g/mol. The number of nitrogens with zero attached hydrogens (tertiary/aromatic N) is 3. The van der Waals surface area contributed by atoms with Crippen LogP contribution in [-0.4, -0.2) is 58.1 Å². The number of halogens is 1. The lowest BCUT2D eigenvalue weighted by molar-refractivity contribution is 0.0635. The van der Waals surface area contributed by atoms with E-state index in [0.29, 0.717) is 10.9 Å². The van der Waals surface area contributed by atoms with Crippen molar-refractivity contribution in [3.05, 3.63) is 35.9 Å². The molecule has 0 saturated heterocycles. The van der Waals surface area contributed by atoms with Gasteiger partial charge >= 0.3 is 18.2 Å². The summed E-state index contributed by atoms with van der Waals surface area (Å²) in [5.74, 6) is -0.492. The number of anilines is 3. The average Bonchev–Trinajstić information content (AvgIpc) is 2.84. The first kappa shape index (κ1) is 28.3. The van der Waals surface area contributed by atoms with E-state index in [-0.39, 0.29) is 58.8 Å². The van der Waals surface area contributed by atoms with Crippen LogP contribution in [0, 0.1) is 12.7 Å². The number of fused-ring (bicyclic) bond motifs is 2. The second-order valence-electron chi connectivity index (χ2n) is 10.5. The number of nitrogens with one attached hydrogen (secondary N) is 3. The first-order valence-electron chi connectivity index (χ1n) is 12.6. The molecule has 4 rings (SSSR count). The zero-order chi connectivity index (χ0) is 29.4. The van der Waals surface area contributed by atoms with E-state index in [1.807, 2.05) is 13.8 Å². The predicted octanol–water partition coefficient (Wildman–Crippen LogP) is 5.50. The van der Waals surface area contributed by atoms with Crippen molar-refractivity contribution >= 4 is 46.2 Å². The van der Waals surface area contributed by atoms with Crippen molar-refractivity contribution in [2.45, 2.75) is 53.2 Å². The number of amides is 4. The Morgan fingerprint density at radius 1 is 1.12 bits per heavy atom. The van der Waals surface area contributed by atoms with Gasteiger partial charge in [0.05, 0.1) is 12.2 Å². The van der Waals surface area contributed by atoms with Crippen LogP contribution in [0.25, 0.3) is 21.9 Å². The number of hydrogen-bond donors (Lipinski definition) is 4. The van der Waals surface area contributed by atoms with E-state index in [4.69, 9.17) is 9.47 Å². The molecule has 212 valence electrons. The Labute approximate surface area is 229 Å². The van der Waals surface area contributed by atoms with Crippen LogP contribution in [0.1, 0.15) is 40.2 Å². The highest BCUT2D eigenvalue weighted by molar-refractivity contribution is 6.05. The molecule has 0 spiro atoms. The van der Waals surface area contributed by atoms with Crippen molar-refractivity contribution in [3.8, 4) is 17.0 Å². The molecule has 1 aromatic carbocycles. The van der Waals surface area contributed by atoms with Crippen LogP contribution in [0.15, 0.2) is 24.5 Å². The Morgan fingerprint density at radius 3 is 2.50 bits per heavy atom. The fourth-order valence-electron chi connectivity index (χ4n) is 4.28. The van der Waals surface area contributed by atoms with Gasteiger partial charge in [-0.1, -0.05) is 0 Å². The maximum atomic E-state index is 16.2. The van der Waals surface area contributed by atoms with Crippen LogP contribution < -0.4 is 25.6 Å². The number of ether oxygens (including phenoxy) is 2. The molecule has 3 heterocycles. The van der Waals surface area contributed by atoms with E-state index in [9.17, 15) is 19.5 Å². The quantitative estimate of drug-likeness (QED) is 0.330. The summed E-state index contributed by atoms with van der Waals surface area (Å²) in [5.41, 5.74) is -0.100. The lowest BCUT2D eigenvalue weighted by atomic mass is 9.96. The van der Waals surface area contributed by atoms with Crippen molar-refractivity contribution in [1.29, 1.82) is 0 Å². The third-order valence-corrected chi connectivity index (χ3v) is 5.87. The van der Waals surface area contributed by atoms with E-state index in [1.165, 1.54) is 24.5 Å². The fourth-order valence-corrected chi connectivity index (χ4v) is 4.28. The van der Waals surface area contributed by atoms with Gasteiger partial charge in [-0.05, 0) is 64.6 Å². The van der Waals surface area contributed by atoms with Gasteiger partial charge in [0, 0.05) is 34.9 Å². The summed E-state index contributed by atoms with van der Waals surface area (Å²) in [5, 5.41) is 18.2. The highest BCUT2D eigenvalue weighted by Gasteiger charge is 2.29. The summed E-state index contributed by atoms with van der Waals surface area (Å²) >= 11 is 0. The number of carbonyl (C=O) groups excluding carboxylic acids is 2. The van der Waals surface area contributed by atoms with Crippen molar-refractivity contribution in [2.24, 2.45) is 0 Å². The average molecular weight is 555 g/mol. The molecule has 1 aliphatic heterocycles. The monoisotopic (exact) mass is 554 g/mol. The third-order valence-electron chi connectivity index (χ3n) is 5.87. The molecule has 12 nitrogen and oxygen atoms in total. The Hall–Kier alpha value is -4.68. The van der Waals surface area contributed by atoms with Crippen LogP contribution in [0.4, 0.5) is 36.0 Å². The molecule has 4 N–H and O–H groups in total. The van der Waals surface area contributed by atoms with Crippen LogP contribution in [-0.2, 0) is 4.74 Å². The number of carbonyl (C=O) groups is 3. The number of hydrogen-bond acceptors (Lipinski definition) is 7. The summed E-state index contributed by atoms with van der Waals surface area (Å²) in [7, 11) is 0. The fraction of sp³-hybridized carbons (Fsp3) is 0.370. The van der Waals surface area contributed by atoms with Crippen molar-refractivity contribution < 1.29 is 33.4 Å². The van der Waals surface area contributed by atoms with Gasteiger partial charge < -0.3 is 19.9 Å². The maximum absolute atomic E-state index is 16.2. The first-order valence-corrected chi connectivity index (χ1v) is 12.6. The molecule has 13 heteroatoms. The lowest BCUT2D eigenvalue weighted by Gasteiger charge is -2.29. The molecule has 0 fully saturated rings. The molecule has 0 unspecified atom stereocenters. The largest absolute Gasteiger partial charge is 0.474 e. The minimum Gasteiger partial charge on any atom is -0.474 e. The van der Waals surface area contributed by atoms with Crippen LogP contribution in [0.2, 0.25) is 0 Å². The van der Waals surface area contributed by atoms with E-state index in [1.54, 1.807) is 27.7 Å². The number of benzene rings is 1. The Kier molecular flexibility index (Phi) is 7.67. The third kappa shape index (κ3) is 5.98. The van der Waals surface area contributed by atoms with Gasteiger partial charge in [0.15, 0.2) is 5.82 Å². The maximum Gasteiger partial charge on any atom is 0.412 e. The molecule has 0 atom stereocenters. The normalized spacial score (nSPS) is 12.9. The van der Waals surface area contributed by atoms with E-state index < -0.39 is 29.6 Å². The standard InChI is InChI=1S/C27H31FN6O6/c1-13(2)31-24(35)32-19-10-15-9-16(17-11-30-23-22(14(17)3)34(26(37)38)7-8-39-23)20(28)21(18(15)12-29-19)33-25(36)40-27(4,5)6/h9-13H,7-8H2,1-6H3,(H,33,36)(H,37,38)(H2,29,31,32,35). The molecule has 3 aromatic rings. The zero-order valence-electron chi connectivity index (χ0n) is 23.0. The minimum absolute atomic E-state index is 0.0334. The molecular formula is C27H31FN6O6. The molecule has 0 saturated carbocycles. The van der Waals surface area contributed by atoms with Crippen LogP contribution >= 0.6 is 0 Å². The van der Waals surface area contributed by atoms with Crippen LogP contribution in [0.3, 0.4) is 0 Å². The van der Waals surface area contributed by atoms with Crippen LogP contribution in [0.5, 0.6) is 5.88 Å². The van der Waals surface area contributed by atoms with Crippen molar-refractivity contribution in [1.82, 2.24) is 15.3 Å². The second-order valence-corrected chi connectivity index (χ2v) is 10.5. The highest BCUT2D eigenvalue weighted by Crippen LogP contribution is 2.42. The number of urea groups is 1. The second kappa shape index (κ2) is 10.8. The molecule has 0 radical (unpaired) electrons. The summed E-state index contributed by atoms with van der Waals surface area (Å²) in [4.78, 5) is 46.4. The predicted molar refractivity (Wildman–Crippen MR) is 148 cm³/mol. The van der Waals surface area contributed by atoms with Crippen molar-refractivity contribution in [3.63, 3.8) is 0 Å². The zero-order valence-corrected chi connectivity index (χ0v) is 23.0. The Balaban J connectivity index is 1.89. The smallest absolute Gasteiger partial charge is 0.412 e. The van der Waals surface area contributed by atoms with E-state index >= 15 is 4.39 Å². The lowest BCUT2D eigenvalue weighted by Crippen LogP contribution is -2.37. The number of aromatic nitrogens is 2. The molecule has 0 bridgehead atoms. The Morgan fingerprint density at radius 2 is 1.85 bits per heavy atom. The van der Waals surface area contributed by atoms with Gasteiger partial charge in [-0.15, -0.1) is 0 Å². The van der Waals surface area contributed by atoms with Gasteiger partial charge in [0.25, 0.3) is 0 Å². The highest BCUT2D eigenvalue weighted by atomic mass is 19.1. The molecule has 4 amide bonds. The van der Waals surface area contributed by atoms with Gasteiger partial charge in [-0.2, -0.15) is 0 Å². The van der Waals surface area contributed by atoms with Crippen molar-refractivity contribution in [2.75, 3.05) is 28.7 Å².